The highest BCUT2D eigenvalue weighted by atomic mass is 32.2. The third kappa shape index (κ3) is 2.19. The Morgan fingerprint density at radius 3 is 2.74 bits per heavy atom. The van der Waals surface area contributed by atoms with Crippen molar-refractivity contribution in [3.05, 3.63) is 23.8 Å². The second kappa shape index (κ2) is 4.68. The summed E-state index contributed by atoms with van der Waals surface area (Å²) in [7, 11) is -3.17. The number of nitrogens with zero attached hydrogens (tertiary/aromatic N) is 3. The summed E-state index contributed by atoms with van der Waals surface area (Å²) in [5, 5.41) is 0. The number of H-pyrrole nitrogens is 1. The van der Waals surface area contributed by atoms with Gasteiger partial charge in [0, 0.05) is 25.2 Å². The van der Waals surface area contributed by atoms with Crippen LogP contribution in [0.2, 0.25) is 0 Å². The maximum atomic E-state index is 11.8. The molecule has 1 aromatic heterocycles. The first-order chi connectivity index (χ1) is 10.8. The van der Waals surface area contributed by atoms with Crippen LogP contribution in [-0.2, 0) is 10.0 Å². The molecule has 1 amide bonds. The zero-order valence-corrected chi connectivity index (χ0v) is 13.4. The van der Waals surface area contributed by atoms with Crippen LogP contribution < -0.4 is 10.6 Å². The molecule has 0 radical (unpaired) electrons. The number of sulfonamides is 1. The molecule has 2 aliphatic heterocycles. The number of aromatic amines is 1. The summed E-state index contributed by atoms with van der Waals surface area (Å²) in [4.78, 5) is 21.3. The molecular weight excluding hydrogens is 318 g/mol. The zero-order valence-electron chi connectivity index (χ0n) is 12.6. The zero-order chi connectivity index (χ0) is 16.4. The first-order valence-corrected chi connectivity index (χ1v) is 9.21. The highest BCUT2D eigenvalue weighted by Gasteiger charge is 2.47. The van der Waals surface area contributed by atoms with E-state index in [9.17, 15) is 13.2 Å². The molecule has 2 fully saturated rings. The Morgan fingerprint density at radius 2 is 2.13 bits per heavy atom. The van der Waals surface area contributed by atoms with Gasteiger partial charge in [0.15, 0.2) is 0 Å². The number of carbonyl (C=O) groups is 1. The standard InChI is InChI=1S/C14H17N5O3S/c1-23(21,22)19-7-8-5-9(19)6-18(8)14-16-11-4-2-3-10(13(15)20)12(11)17-14/h2-4,8-9H,5-7H2,1H3,(H2,15,20)(H,16,17)/t8-,9-/m0/s1. The molecule has 2 aliphatic rings. The summed E-state index contributed by atoms with van der Waals surface area (Å²) in [6.07, 6.45) is 2.05. The second-order valence-electron chi connectivity index (χ2n) is 6.15. The maximum absolute atomic E-state index is 11.8. The molecule has 2 bridgehead atoms. The lowest BCUT2D eigenvalue weighted by molar-refractivity contribution is 0.100. The Balaban J connectivity index is 1.68. The summed E-state index contributed by atoms with van der Waals surface area (Å²) in [6, 6.07) is 5.34. The number of fused-ring (bicyclic) bond motifs is 3. The number of carbonyl (C=O) groups excluding carboxylic acids is 1. The van der Waals surface area contributed by atoms with Gasteiger partial charge in [-0.1, -0.05) is 6.07 Å². The molecule has 0 saturated carbocycles. The Labute approximate surface area is 133 Å². The van der Waals surface area contributed by atoms with Gasteiger partial charge in [0.05, 0.1) is 17.3 Å². The van der Waals surface area contributed by atoms with E-state index >= 15 is 0 Å². The summed E-state index contributed by atoms with van der Waals surface area (Å²) in [6.45, 7) is 1.08. The number of nitrogens with one attached hydrogen (secondary N) is 1. The van der Waals surface area contributed by atoms with Gasteiger partial charge >= 0.3 is 0 Å². The van der Waals surface area contributed by atoms with Crippen molar-refractivity contribution in [1.82, 2.24) is 14.3 Å². The van der Waals surface area contributed by atoms with Gasteiger partial charge in [-0.25, -0.2) is 13.4 Å². The SMILES string of the molecule is CS(=O)(=O)N1C[C@@H]2C[C@H]1CN2c1nc2c(C(N)=O)cccc2[nH]1. The predicted molar refractivity (Wildman–Crippen MR) is 85.7 cm³/mol. The third-order valence-corrected chi connectivity index (χ3v) is 5.95. The number of hydrogen-bond donors (Lipinski definition) is 2. The lowest BCUT2D eigenvalue weighted by Gasteiger charge is -2.32. The van der Waals surface area contributed by atoms with E-state index in [2.05, 4.69) is 14.9 Å². The van der Waals surface area contributed by atoms with Crippen molar-refractivity contribution in [3.8, 4) is 0 Å². The number of piperazine rings is 1. The monoisotopic (exact) mass is 335 g/mol. The number of nitrogens with two attached hydrogens (primary N) is 1. The molecule has 3 heterocycles. The number of rotatable bonds is 3. The molecule has 0 spiro atoms. The van der Waals surface area contributed by atoms with Crippen LogP contribution in [0.1, 0.15) is 16.8 Å². The van der Waals surface area contributed by atoms with Crippen LogP contribution in [0.5, 0.6) is 0 Å². The molecule has 2 saturated heterocycles. The van der Waals surface area contributed by atoms with E-state index < -0.39 is 15.9 Å². The number of aromatic nitrogens is 2. The topological polar surface area (TPSA) is 112 Å². The molecule has 122 valence electrons. The van der Waals surface area contributed by atoms with E-state index in [0.29, 0.717) is 30.1 Å². The number of imidazole rings is 1. The molecule has 9 heteroatoms. The molecule has 0 aliphatic carbocycles. The van der Waals surface area contributed by atoms with E-state index in [0.717, 1.165) is 11.9 Å². The molecule has 3 N–H and O–H groups in total. The smallest absolute Gasteiger partial charge is 0.250 e. The van der Waals surface area contributed by atoms with Crippen molar-refractivity contribution >= 4 is 32.9 Å². The lowest BCUT2D eigenvalue weighted by Crippen LogP contribution is -2.48. The fourth-order valence-electron chi connectivity index (χ4n) is 3.65. The molecule has 1 aromatic carbocycles. The number of para-hydroxylation sites is 1. The van der Waals surface area contributed by atoms with Gasteiger partial charge < -0.3 is 15.6 Å². The van der Waals surface area contributed by atoms with Crippen molar-refractivity contribution in [2.75, 3.05) is 24.2 Å². The van der Waals surface area contributed by atoms with E-state index in [1.54, 1.807) is 16.4 Å². The fraction of sp³-hybridized carbons (Fsp3) is 0.429. The van der Waals surface area contributed by atoms with Crippen molar-refractivity contribution < 1.29 is 13.2 Å². The Bertz CT molecular complexity index is 906. The Hall–Kier alpha value is -2.13. The van der Waals surface area contributed by atoms with Crippen molar-refractivity contribution in [2.24, 2.45) is 5.73 Å². The van der Waals surface area contributed by atoms with Gasteiger partial charge in [-0.2, -0.15) is 4.31 Å². The first-order valence-electron chi connectivity index (χ1n) is 7.36. The quantitative estimate of drug-likeness (QED) is 0.812. The number of primary amides is 1. The molecular formula is C14H17N5O3S. The van der Waals surface area contributed by atoms with Gasteiger partial charge in [-0.15, -0.1) is 0 Å². The van der Waals surface area contributed by atoms with Gasteiger partial charge in [0.1, 0.15) is 5.52 Å². The van der Waals surface area contributed by atoms with Crippen LogP contribution in [0.4, 0.5) is 5.95 Å². The molecule has 2 atom stereocenters. The summed E-state index contributed by atoms with van der Waals surface area (Å²) >= 11 is 0. The highest BCUT2D eigenvalue weighted by molar-refractivity contribution is 7.88. The third-order valence-electron chi connectivity index (χ3n) is 4.65. The number of hydrogen-bond acceptors (Lipinski definition) is 5. The van der Waals surface area contributed by atoms with Crippen LogP contribution in [0.25, 0.3) is 11.0 Å². The van der Waals surface area contributed by atoms with Gasteiger partial charge in [0.25, 0.3) is 5.91 Å². The van der Waals surface area contributed by atoms with Crippen LogP contribution in [-0.4, -0.2) is 60.0 Å². The van der Waals surface area contributed by atoms with Gasteiger partial charge in [-0.05, 0) is 18.6 Å². The largest absolute Gasteiger partial charge is 0.366 e. The second-order valence-corrected chi connectivity index (χ2v) is 8.09. The van der Waals surface area contributed by atoms with Crippen molar-refractivity contribution in [3.63, 3.8) is 0 Å². The molecule has 23 heavy (non-hydrogen) atoms. The average molecular weight is 335 g/mol. The van der Waals surface area contributed by atoms with Crippen molar-refractivity contribution in [1.29, 1.82) is 0 Å². The number of benzene rings is 1. The predicted octanol–water partition coefficient (Wildman–Crippen LogP) is -0.116. The first kappa shape index (κ1) is 14.5. The Morgan fingerprint density at radius 1 is 1.35 bits per heavy atom. The van der Waals surface area contributed by atoms with E-state index in [4.69, 9.17) is 5.73 Å². The molecule has 8 nitrogen and oxygen atoms in total. The molecule has 2 aromatic rings. The lowest BCUT2D eigenvalue weighted by atomic mass is 10.2. The van der Waals surface area contributed by atoms with Crippen molar-refractivity contribution in [2.45, 2.75) is 18.5 Å². The maximum Gasteiger partial charge on any atom is 0.250 e. The number of amides is 1. The minimum atomic E-state index is -3.17. The van der Waals surface area contributed by atoms with E-state index in [1.165, 1.54) is 6.26 Å². The van der Waals surface area contributed by atoms with E-state index in [1.807, 2.05) is 6.07 Å². The number of anilines is 1. The molecule has 4 rings (SSSR count). The normalized spacial score (nSPS) is 24.7. The summed E-state index contributed by atoms with van der Waals surface area (Å²) in [5.74, 6) is 0.147. The highest BCUT2D eigenvalue weighted by Crippen LogP contribution is 2.35. The average Bonchev–Trinajstić information content (AvgIpc) is 3.17. The van der Waals surface area contributed by atoms with Crippen LogP contribution in [0.15, 0.2) is 18.2 Å². The Kier molecular flexibility index (Phi) is 2.94. The van der Waals surface area contributed by atoms with Crippen LogP contribution >= 0.6 is 0 Å². The molecule has 0 unspecified atom stereocenters. The minimum absolute atomic E-state index is 0.0150. The van der Waals surface area contributed by atoms with Gasteiger partial charge in [0.2, 0.25) is 16.0 Å². The summed E-state index contributed by atoms with van der Waals surface area (Å²) in [5.41, 5.74) is 7.07. The van der Waals surface area contributed by atoms with Gasteiger partial charge in [-0.3, -0.25) is 4.79 Å². The minimum Gasteiger partial charge on any atom is -0.366 e. The fourth-order valence-corrected chi connectivity index (χ4v) is 4.79. The van der Waals surface area contributed by atoms with E-state index in [-0.39, 0.29) is 12.1 Å². The van der Waals surface area contributed by atoms with Crippen LogP contribution in [0, 0.1) is 0 Å². The van der Waals surface area contributed by atoms with Crippen LogP contribution in [0.3, 0.4) is 0 Å². The summed E-state index contributed by atoms with van der Waals surface area (Å²) < 4.78 is 25.1.